The quantitative estimate of drug-likeness (QED) is 0.483. The molecule has 3 aromatic rings. The standard InChI is InChI=1S/C23H27N3O4S/c1-4-30-19-7-10-21-16(14-19)13-17(22(27)25-21)15-26(11-12-29-2)23(28)24-18-5-8-20(31-3)9-6-18/h5-10,13-14H,4,11-12,15H2,1-3H3,(H,24,28)(H,25,27). The predicted octanol–water partition coefficient (Wildman–Crippen LogP) is 4.33. The van der Waals surface area contributed by atoms with Crippen LogP contribution in [0.1, 0.15) is 12.5 Å². The van der Waals surface area contributed by atoms with Gasteiger partial charge in [0.15, 0.2) is 0 Å². The number of thioether (sulfide) groups is 1. The lowest BCUT2D eigenvalue weighted by atomic mass is 10.1. The van der Waals surface area contributed by atoms with Gasteiger partial charge in [0.2, 0.25) is 0 Å². The highest BCUT2D eigenvalue weighted by Crippen LogP contribution is 2.20. The maximum Gasteiger partial charge on any atom is 0.322 e. The molecule has 0 bridgehead atoms. The maximum absolute atomic E-state index is 12.9. The second-order valence-electron chi connectivity index (χ2n) is 6.88. The van der Waals surface area contributed by atoms with Crippen LogP contribution in [0.2, 0.25) is 0 Å². The summed E-state index contributed by atoms with van der Waals surface area (Å²) in [5.74, 6) is 0.732. The summed E-state index contributed by atoms with van der Waals surface area (Å²) in [4.78, 5) is 31.1. The van der Waals surface area contributed by atoms with E-state index in [2.05, 4.69) is 10.3 Å². The number of anilines is 1. The number of benzene rings is 2. The van der Waals surface area contributed by atoms with Gasteiger partial charge in [0.1, 0.15) is 5.75 Å². The molecule has 7 nitrogen and oxygen atoms in total. The molecule has 1 aromatic heterocycles. The number of hydrogen-bond donors (Lipinski definition) is 2. The Labute approximate surface area is 185 Å². The van der Waals surface area contributed by atoms with Gasteiger partial charge in [0.05, 0.1) is 19.8 Å². The minimum absolute atomic E-state index is 0.155. The summed E-state index contributed by atoms with van der Waals surface area (Å²) in [6, 6.07) is 14.6. The summed E-state index contributed by atoms with van der Waals surface area (Å²) < 4.78 is 10.7. The van der Waals surface area contributed by atoms with Crippen LogP contribution >= 0.6 is 11.8 Å². The highest BCUT2D eigenvalue weighted by Gasteiger charge is 2.16. The van der Waals surface area contributed by atoms with Crippen molar-refractivity contribution in [3.63, 3.8) is 0 Å². The molecule has 2 amide bonds. The molecule has 0 fully saturated rings. The Kier molecular flexibility index (Phi) is 7.97. The fraction of sp³-hybridized carbons (Fsp3) is 0.304. The summed E-state index contributed by atoms with van der Waals surface area (Å²) in [6.45, 7) is 3.34. The summed E-state index contributed by atoms with van der Waals surface area (Å²) in [5, 5.41) is 3.74. The largest absolute Gasteiger partial charge is 0.494 e. The van der Waals surface area contributed by atoms with Crippen molar-refractivity contribution in [1.82, 2.24) is 9.88 Å². The number of nitrogens with one attached hydrogen (secondary N) is 2. The van der Waals surface area contributed by atoms with E-state index < -0.39 is 0 Å². The number of H-pyrrole nitrogens is 1. The van der Waals surface area contributed by atoms with Crippen LogP contribution < -0.4 is 15.6 Å². The average Bonchev–Trinajstić information content (AvgIpc) is 2.77. The van der Waals surface area contributed by atoms with Crippen LogP contribution in [0, 0.1) is 0 Å². The van der Waals surface area contributed by atoms with Gasteiger partial charge in [-0.15, -0.1) is 11.8 Å². The van der Waals surface area contributed by atoms with Crippen LogP contribution in [0.15, 0.2) is 58.2 Å². The van der Waals surface area contributed by atoms with Crippen molar-refractivity contribution < 1.29 is 14.3 Å². The van der Waals surface area contributed by atoms with E-state index in [9.17, 15) is 9.59 Å². The van der Waals surface area contributed by atoms with E-state index in [1.54, 1.807) is 29.8 Å². The lowest BCUT2D eigenvalue weighted by Gasteiger charge is -2.23. The molecule has 164 valence electrons. The van der Waals surface area contributed by atoms with Crippen molar-refractivity contribution in [2.24, 2.45) is 0 Å². The number of nitrogens with zero attached hydrogens (tertiary/aromatic N) is 1. The van der Waals surface area contributed by atoms with Crippen LogP contribution in [-0.4, -0.2) is 49.0 Å². The second kappa shape index (κ2) is 10.9. The zero-order valence-corrected chi connectivity index (χ0v) is 18.8. The fourth-order valence-corrected chi connectivity index (χ4v) is 3.55. The first-order valence-corrected chi connectivity index (χ1v) is 11.2. The van der Waals surface area contributed by atoms with E-state index in [4.69, 9.17) is 9.47 Å². The van der Waals surface area contributed by atoms with Crippen LogP contribution in [0.5, 0.6) is 5.75 Å². The summed E-state index contributed by atoms with van der Waals surface area (Å²) in [7, 11) is 1.58. The van der Waals surface area contributed by atoms with E-state index >= 15 is 0 Å². The minimum atomic E-state index is -0.295. The molecule has 0 aliphatic rings. The summed E-state index contributed by atoms with van der Waals surface area (Å²) in [5.41, 5.74) is 1.68. The van der Waals surface area contributed by atoms with Gasteiger partial charge in [-0.1, -0.05) is 0 Å². The van der Waals surface area contributed by atoms with Crippen molar-refractivity contribution in [1.29, 1.82) is 0 Å². The number of hydrogen-bond acceptors (Lipinski definition) is 5. The number of ether oxygens (including phenoxy) is 2. The van der Waals surface area contributed by atoms with Gasteiger partial charge >= 0.3 is 6.03 Å². The summed E-state index contributed by atoms with van der Waals surface area (Å²) >= 11 is 1.64. The Morgan fingerprint density at radius 3 is 2.61 bits per heavy atom. The lowest BCUT2D eigenvalue weighted by Crippen LogP contribution is -2.38. The number of pyridine rings is 1. The molecule has 3 rings (SSSR count). The van der Waals surface area contributed by atoms with Crippen LogP contribution in [0.3, 0.4) is 0 Å². The number of amides is 2. The molecule has 0 spiro atoms. The Hall–Kier alpha value is -2.97. The number of methoxy groups -OCH3 is 1. The van der Waals surface area contributed by atoms with E-state index in [0.29, 0.717) is 31.0 Å². The van der Waals surface area contributed by atoms with E-state index in [1.807, 2.05) is 55.6 Å². The molecule has 0 saturated carbocycles. The van der Waals surface area contributed by atoms with Crippen molar-refractivity contribution in [3.05, 3.63) is 64.4 Å². The zero-order chi connectivity index (χ0) is 22.2. The van der Waals surface area contributed by atoms with Crippen LogP contribution in [-0.2, 0) is 11.3 Å². The first-order valence-electron chi connectivity index (χ1n) is 10.0. The van der Waals surface area contributed by atoms with E-state index in [-0.39, 0.29) is 18.1 Å². The smallest absolute Gasteiger partial charge is 0.322 e. The topological polar surface area (TPSA) is 83.7 Å². The lowest BCUT2D eigenvalue weighted by molar-refractivity contribution is 0.152. The molecule has 31 heavy (non-hydrogen) atoms. The first kappa shape index (κ1) is 22.7. The van der Waals surface area contributed by atoms with Crippen LogP contribution in [0.4, 0.5) is 10.5 Å². The highest BCUT2D eigenvalue weighted by molar-refractivity contribution is 7.98. The molecule has 0 aliphatic carbocycles. The first-order chi connectivity index (χ1) is 15.0. The highest BCUT2D eigenvalue weighted by atomic mass is 32.2. The second-order valence-corrected chi connectivity index (χ2v) is 7.76. The molecule has 8 heteroatoms. The number of rotatable bonds is 9. The van der Waals surface area contributed by atoms with Crippen molar-refractivity contribution in [3.8, 4) is 5.75 Å². The number of carbonyl (C=O) groups excluding carboxylic acids is 1. The predicted molar refractivity (Wildman–Crippen MR) is 125 cm³/mol. The summed E-state index contributed by atoms with van der Waals surface area (Å²) in [6.07, 6.45) is 2.00. The number of urea groups is 1. The fourth-order valence-electron chi connectivity index (χ4n) is 3.14. The van der Waals surface area contributed by atoms with Gasteiger partial charge in [0.25, 0.3) is 5.56 Å². The van der Waals surface area contributed by atoms with E-state index in [0.717, 1.165) is 21.5 Å². The molecule has 0 radical (unpaired) electrons. The molecular formula is C23H27N3O4S. The Bertz CT molecular complexity index is 1080. The van der Waals surface area contributed by atoms with Gasteiger partial charge in [-0.2, -0.15) is 0 Å². The number of fused-ring (bicyclic) bond motifs is 1. The van der Waals surface area contributed by atoms with Crippen molar-refractivity contribution >= 4 is 34.4 Å². The third-order valence-corrected chi connectivity index (χ3v) is 5.50. The van der Waals surface area contributed by atoms with Gasteiger partial charge in [-0.05, 0) is 61.7 Å². The average molecular weight is 442 g/mol. The van der Waals surface area contributed by atoms with Gasteiger partial charge < -0.3 is 24.7 Å². The molecule has 2 N–H and O–H groups in total. The number of aromatic amines is 1. The third-order valence-electron chi connectivity index (χ3n) is 4.76. The van der Waals surface area contributed by atoms with Crippen LogP contribution in [0.25, 0.3) is 10.9 Å². The van der Waals surface area contributed by atoms with E-state index in [1.165, 1.54) is 0 Å². The molecule has 0 unspecified atom stereocenters. The van der Waals surface area contributed by atoms with Gasteiger partial charge in [0, 0.05) is 40.7 Å². The molecule has 2 aromatic carbocycles. The number of aromatic nitrogens is 1. The molecule has 0 saturated heterocycles. The molecule has 0 atom stereocenters. The third kappa shape index (κ3) is 6.02. The normalized spacial score (nSPS) is 10.8. The van der Waals surface area contributed by atoms with Crippen molar-refractivity contribution in [2.45, 2.75) is 18.4 Å². The zero-order valence-electron chi connectivity index (χ0n) is 17.9. The molecule has 0 aliphatic heterocycles. The van der Waals surface area contributed by atoms with Gasteiger partial charge in [-0.25, -0.2) is 4.79 Å². The molecule has 1 heterocycles. The minimum Gasteiger partial charge on any atom is -0.494 e. The monoisotopic (exact) mass is 441 g/mol. The molecular weight excluding hydrogens is 414 g/mol. The SMILES string of the molecule is CCOc1ccc2[nH]c(=O)c(CN(CCOC)C(=O)Nc3ccc(SC)cc3)cc2c1. The Morgan fingerprint density at radius 2 is 1.94 bits per heavy atom. The number of carbonyl (C=O) groups is 1. The Morgan fingerprint density at radius 1 is 1.16 bits per heavy atom. The van der Waals surface area contributed by atoms with Gasteiger partial charge in [-0.3, -0.25) is 4.79 Å². The maximum atomic E-state index is 12.9. The Balaban J connectivity index is 1.83. The van der Waals surface area contributed by atoms with Crippen molar-refractivity contribution in [2.75, 3.05) is 38.4 Å².